The van der Waals surface area contributed by atoms with Gasteiger partial charge in [0.1, 0.15) is 0 Å². The number of piperidine rings is 1. The molecule has 2 fully saturated rings. The number of anilines is 1. The second kappa shape index (κ2) is 7.47. The number of carbonyl (C=O) groups excluding carboxylic acids is 1. The molecule has 0 saturated carbocycles. The summed E-state index contributed by atoms with van der Waals surface area (Å²) < 4.78 is 5.91. The summed E-state index contributed by atoms with van der Waals surface area (Å²) in [4.78, 5) is 27.8. The summed E-state index contributed by atoms with van der Waals surface area (Å²) in [6, 6.07) is 6.43. The monoisotopic (exact) mass is 353 g/mol. The Balaban J connectivity index is 1.48. The molecule has 0 aromatic carbocycles. The molecule has 0 unspecified atom stereocenters. The first-order chi connectivity index (χ1) is 12.7. The van der Waals surface area contributed by atoms with Gasteiger partial charge >= 0.3 is 0 Å². The minimum Gasteiger partial charge on any atom is -0.377 e. The van der Waals surface area contributed by atoms with Gasteiger partial charge in [-0.1, -0.05) is 6.07 Å². The van der Waals surface area contributed by atoms with Crippen molar-refractivity contribution in [3.8, 4) is 0 Å². The van der Waals surface area contributed by atoms with E-state index in [2.05, 4.69) is 25.2 Å². The fourth-order valence-corrected chi connectivity index (χ4v) is 3.91. The Bertz CT molecular complexity index is 770. The van der Waals surface area contributed by atoms with Crippen molar-refractivity contribution in [3.05, 3.63) is 48.2 Å². The highest BCUT2D eigenvalue weighted by Crippen LogP contribution is 2.32. The van der Waals surface area contributed by atoms with Gasteiger partial charge in [0.2, 0.25) is 5.91 Å². The van der Waals surface area contributed by atoms with Crippen LogP contribution < -0.4 is 5.32 Å². The molecule has 1 amide bonds. The van der Waals surface area contributed by atoms with Gasteiger partial charge in [-0.25, -0.2) is 4.98 Å². The molecule has 4 heterocycles. The lowest BCUT2D eigenvalue weighted by molar-refractivity contribution is -0.124. The number of aromatic nitrogens is 3. The number of nitrogens with zero attached hydrogens (tertiary/aromatic N) is 4. The molecule has 3 atom stereocenters. The maximum Gasteiger partial charge on any atom is 0.230 e. The molecule has 0 spiro atoms. The molecular weight excluding hydrogens is 330 g/mol. The molecule has 7 nitrogen and oxygen atoms in total. The van der Waals surface area contributed by atoms with Crippen LogP contribution in [0.4, 0.5) is 5.82 Å². The van der Waals surface area contributed by atoms with E-state index in [1.54, 1.807) is 18.6 Å². The van der Waals surface area contributed by atoms with Crippen molar-refractivity contribution in [2.75, 3.05) is 18.5 Å². The van der Waals surface area contributed by atoms with E-state index in [0.29, 0.717) is 18.4 Å². The summed E-state index contributed by atoms with van der Waals surface area (Å²) in [5.74, 6) is 0.321. The smallest absolute Gasteiger partial charge is 0.230 e. The molecule has 2 aliphatic heterocycles. The highest BCUT2D eigenvalue weighted by atomic mass is 16.5. The Hall–Kier alpha value is -2.38. The molecule has 0 aliphatic carbocycles. The van der Waals surface area contributed by atoms with Gasteiger partial charge in [0.05, 0.1) is 23.9 Å². The molecule has 2 saturated heterocycles. The number of hydrogen-bond acceptors (Lipinski definition) is 6. The van der Waals surface area contributed by atoms with Gasteiger partial charge in [-0.2, -0.15) is 0 Å². The van der Waals surface area contributed by atoms with E-state index >= 15 is 0 Å². The number of pyridine rings is 1. The van der Waals surface area contributed by atoms with Crippen LogP contribution in [0.1, 0.15) is 24.2 Å². The standard InChI is InChI=1S/C19H23N5O2/c1-13-3-2-4-15(22-13)12-24-11-14(9-17-16(24)5-8-26-17)19(25)23-18-10-20-6-7-21-18/h2-4,6-7,10,14,16-17H,5,8-9,11-12H2,1H3,(H,21,23,25)/t14-,16+,17+/m1/s1. The van der Waals surface area contributed by atoms with E-state index in [1.807, 2.05) is 25.1 Å². The van der Waals surface area contributed by atoms with Crippen molar-refractivity contribution in [1.29, 1.82) is 0 Å². The van der Waals surface area contributed by atoms with Gasteiger partial charge in [-0.3, -0.25) is 19.7 Å². The maximum absolute atomic E-state index is 12.7. The molecule has 2 aliphatic rings. The van der Waals surface area contributed by atoms with Crippen LogP contribution in [0.5, 0.6) is 0 Å². The van der Waals surface area contributed by atoms with E-state index < -0.39 is 0 Å². The zero-order chi connectivity index (χ0) is 17.9. The summed E-state index contributed by atoms with van der Waals surface area (Å²) in [6.07, 6.45) is 6.57. The summed E-state index contributed by atoms with van der Waals surface area (Å²) in [5.41, 5.74) is 2.04. The lowest BCUT2D eigenvalue weighted by Gasteiger charge is -2.40. The zero-order valence-corrected chi connectivity index (χ0v) is 14.8. The van der Waals surface area contributed by atoms with Crippen LogP contribution in [0.3, 0.4) is 0 Å². The highest BCUT2D eigenvalue weighted by Gasteiger charge is 2.42. The Morgan fingerprint density at radius 2 is 2.31 bits per heavy atom. The van der Waals surface area contributed by atoms with Crippen LogP contribution >= 0.6 is 0 Å². The number of likely N-dealkylation sites (tertiary alicyclic amines) is 1. The minimum atomic E-state index is -0.138. The molecule has 2 aromatic rings. The van der Waals surface area contributed by atoms with Crippen molar-refractivity contribution < 1.29 is 9.53 Å². The third kappa shape index (κ3) is 3.73. The summed E-state index contributed by atoms with van der Waals surface area (Å²) >= 11 is 0. The third-order valence-electron chi connectivity index (χ3n) is 5.11. The first-order valence-corrected chi connectivity index (χ1v) is 9.04. The van der Waals surface area contributed by atoms with Crippen LogP contribution in [0.2, 0.25) is 0 Å². The molecule has 26 heavy (non-hydrogen) atoms. The van der Waals surface area contributed by atoms with Crippen molar-refractivity contribution >= 4 is 11.7 Å². The number of fused-ring (bicyclic) bond motifs is 1. The number of hydrogen-bond donors (Lipinski definition) is 1. The SMILES string of the molecule is Cc1cccc(CN2C[C@H](C(=O)Nc3cnccn3)C[C@@H]3OCC[C@@H]32)n1. The zero-order valence-electron chi connectivity index (χ0n) is 14.8. The molecule has 2 aromatic heterocycles. The topological polar surface area (TPSA) is 80.2 Å². The van der Waals surface area contributed by atoms with Crippen LogP contribution in [0.25, 0.3) is 0 Å². The van der Waals surface area contributed by atoms with E-state index in [-0.39, 0.29) is 17.9 Å². The Morgan fingerprint density at radius 3 is 3.12 bits per heavy atom. The van der Waals surface area contributed by atoms with E-state index in [0.717, 1.165) is 37.4 Å². The van der Waals surface area contributed by atoms with Crippen LogP contribution in [-0.4, -0.2) is 51.1 Å². The molecule has 0 radical (unpaired) electrons. The van der Waals surface area contributed by atoms with Crippen molar-refractivity contribution in [2.24, 2.45) is 5.92 Å². The lowest BCUT2D eigenvalue weighted by Crippen LogP contribution is -2.51. The Morgan fingerprint density at radius 1 is 1.38 bits per heavy atom. The number of rotatable bonds is 4. The average Bonchev–Trinajstić information content (AvgIpc) is 3.11. The van der Waals surface area contributed by atoms with Gasteiger partial charge in [0.15, 0.2) is 5.82 Å². The molecule has 7 heteroatoms. The van der Waals surface area contributed by atoms with Gasteiger partial charge < -0.3 is 10.1 Å². The summed E-state index contributed by atoms with van der Waals surface area (Å²) in [6.45, 7) is 4.19. The number of aryl methyl sites for hydroxylation is 1. The average molecular weight is 353 g/mol. The number of amides is 1. The number of carbonyl (C=O) groups is 1. The fraction of sp³-hybridized carbons (Fsp3) is 0.474. The van der Waals surface area contributed by atoms with Gasteiger partial charge in [-0.05, 0) is 31.9 Å². The first kappa shape index (κ1) is 17.1. The van der Waals surface area contributed by atoms with Gasteiger partial charge in [0, 0.05) is 43.8 Å². The summed E-state index contributed by atoms with van der Waals surface area (Å²) in [5, 5.41) is 2.87. The quantitative estimate of drug-likeness (QED) is 0.903. The molecular formula is C19H23N5O2. The first-order valence-electron chi connectivity index (χ1n) is 9.04. The predicted molar refractivity (Wildman–Crippen MR) is 96.3 cm³/mol. The normalized spacial score (nSPS) is 25.7. The maximum atomic E-state index is 12.7. The second-order valence-electron chi connectivity index (χ2n) is 6.98. The third-order valence-corrected chi connectivity index (χ3v) is 5.11. The van der Waals surface area contributed by atoms with Crippen LogP contribution in [-0.2, 0) is 16.1 Å². The molecule has 0 bridgehead atoms. The van der Waals surface area contributed by atoms with E-state index in [4.69, 9.17) is 4.74 Å². The van der Waals surface area contributed by atoms with Crippen molar-refractivity contribution in [1.82, 2.24) is 19.9 Å². The number of ether oxygens (including phenoxy) is 1. The summed E-state index contributed by atoms with van der Waals surface area (Å²) in [7, 11) is 0. The Labute approximate surface area is 152 Å². The second-order valence-corrected chi connectivity index (χ2v) is 6.98. The van der Waals surface area contributed by atoms with Gasteiger partial charge in [-0.15, -0.1) is 0 Å². The van der Waals surface area contributed by atoms with E-state index in [1.165, 1.54) is 0 Å². The van der Waals surface area contributed by atoms with Crippen LogP contribution in [0, 0.1) is 12.8 Å². The van der Waals surface area contributed by atoms with Gasteiger partial charge in [0.25, 0.3) is 0 Å². The molecule has 1 N–H and O–H groups in total. The molecule has 136 valence electrons. The predicted octanol–water partition coefficient (Wildman–Crippen LogP) is 1.80. The van der Waals surface area contributed by atoms with Crippen molar-refractivity contribution in [2.45, 2.75) is 38.5 Å². The fourth-order valence-electron chi connectivity index (χ4n) is 3.91. The number of nitrogens with one attached hydrogen (secondary N) is 1. The highest BCUT2D eigenvalue weighted by molar-refractivity contribution is 5.91. The largest absolute Gasteiger partial charge is 0.377 e. The van der Waals surface area contributed by atoms with E-state index in [9.17, 15) is 4.79 Å². The van der Waals surface area contributed by atoms with Crippen molar-refractivity contribution in [3.63, 3.8) is 0 Å². The minimum absolute atomic E-state index is 0.0262. The molecule has 4 rings (SSSR count). The lowest BCUT2D eigenvalue weighted by atomic mass is 9.89. The van der Waals surface area contributed by atoms with Crippen LogP contribution in [0.15, 0.2) is 36.8 Å². The Kier molecular flexibility index (Phi) is 4.90.